The fourth-order valence-electron chi connectivity index (χ4n) is 1.31. The van der Waals surface area contributed by atoms with E-state index in [1.54, 1.807) is 0 Å². The van der Waals surface area contributed by atoms with Crippen molar-refractivity contribution in [3.8, 4) is 0 Å². The molecule has 0 aliphatic carbocycles. The van der Waals surface area contributed by atoms with Crippen LogP contribution >= 0.6 is 23.1 Å². The van der Waals surface area contributed by atoms with Crippen LogP contribution in [0.25, 0.3) is 0 Å². The summed E-state index contributed by atoms with van der Waals surface area (Å²) in [5.41, 5.74) is 1.19. The molecule has 1 heterocycles. The zero-order chi connectivity index (χ0) is 11.3. The molecule has 4 heteroatoms. The van der Waals surface area contributed by atoms with Gasteiger partial charge in [0.2, 0.25) is 0 Å². The van der Waals surface area contributed by atoms with Crippen molar-refractivity contribution in [3.05, 3.63) is 15.6 Å². The van der Waals surface area contributed by atoms with Gasteiger partial charge in [0.15, 0.2) is 0 Å². The first kappa shape index (κ1) is 13.0. The molecule has 15 heavy (non-hydrogen) atoms. The Kier molecular flexibility index (Phi) is 5.64. The minimum Gasteiger partial charge on any atom is -0.312 e. The van der Waals surface area contributed by atoms with Crippen LogP contribution in [0.2, 0.25) is 0 Å². The van der Waals surface area contributed by atoms with E-state index >= 15 is 0 Å². The normalized spacial score (nSPS) is 11.3. The smallest absolute Gasteiger partial charge is 0.103 e. The molecule has 0 amide bonds. The van der Waals surface area contributed by atoms with Gasteiger partial charge in [0.25, 0.3) is 0 Å². The maximum atomic E-state index is 4.56. The number of hydrogen-bond donors (Lipinski definition) is 1. The van der Waals surface area contributed by atoms with E-state index in [-0.39, 0.29) is 0 Å². The van der Waals surface area contributed by atoms with Crippen molar-refractivity contribution < 1.29 is 0 Å². The van der Waals surface area contributed by atoms with Crippen molar-refractivity contribution in [1.82, 2.24) is 10.3 Å². The molecule has 0 fully saturated rings. The van der Waals surface area contributed by atoms with Crippen LogP contribution in [0.1, 0.15) is 29.4 Å². The molecule has 1 rings (SSSR count). The standard InChI is InChI=1S/C11H20N2S2/c1-8(2)5-12-6-10-9(3)13-11(15-10)7-14-4/h8,12H,5-7H2,1-4H3. The van der Waals surface area contributed by atoms with E-state index in [9.17, 15) is 0 Å². The molecular weight excluding hydrogens is 224 g/mol. The number of hydrogen-bond acceptors (Lipinski definition) is 4. The van der Waals surface area contributed by atoms with Crippen molar-refractivity contribution in [3.63, 3.8) is 0 Å². The van der Waals surface area contributed by atoms with Crippen LogP contribution < -0.4 is 5.32 Å². The molecule has 0 atom stereocenters. The Hall–Kier alpha value is -0.0600. The summed E-state index contributed by atoms with van der Waals surface area (Å²) in [6, 6.07) is 0. The van der Waals surface area contributed by atoms with E-state index in [0.29, 0.717) is 5.92 Å². The van der Waals surface area contributed by atoms with Gasteiger partial charge in [-0.1, -0.05) is 13.8 Å². The van der Waals surface area contributed by atoms with Gasteiger partial charge in [-0.25, -0.2) is 4.98 Å². The zero-order valence-electron chi connectivity index (χ0n) is 9.96. The summed E-state index contributed by atoms with van der Waals surface area (Å²) in [7, 11) is 0. The Morgan fingerprint density at radius 2 is 2.20 bits per heavy atom. The summed E-state index contributed by atoms with van der Waals surface area (Å²) in [5, 5.41) is 4.71. The van der Waals surface area contributed by atoms with Gasteiger partial charge in [0.05, 0.1) is 5.69 Å². The molecule has 0 radical (unpaired) electrons. The van der Waals surface area contributed by atoms with Crippen molar-refractivity contribution >= 4 is 23.1 Å². The molecule has 2 nitrogen and oxygen atoms in total. The summed E-state index contributed by atoms with van der Waals surface area (Å²) in [6.45, 7) is 8.61. The minimum absolute atomic E-state index is 0.712. The predicted molar refractivity (Wildman–Crippen MR) is 70.6 cm³/mol. The number of nitrogens with one attached hydrogen (secondary N) is 1. The molecule has 0 unspecified atom stereocenters. The zero-order valence-corrected chi connectivity index (χ0v) is 11.6. The number of thioether (sulfide) groups is 1. The molecule has 0 spiro atoms. The topological polar surface area (TPSA) is 24.9 Å². The summed E-state index contributed by atoms with van der Waals surface area (Å²) in [5.74, 6) is 1.75. The Morgan fingerprint density at radius 1 is 1.47 bits per heavy atom. The molecule has 0 bridgehead atoms. The fourth-order valence-corrected chi connectivity index (χ4v) is 3.05. The lowest BCUT2D eigenvalue weighted by Crippen LogP contribution is -2.18. The van der Waals surface area contributed by atoms with Gasteiger partial charge in [0.1, 0.15) is 5.01 Å². The van der Waals surface area contributed by atoms with Crippen LogP contribution in [0, 0.1) is 12.8 Å². The average molecular weight is 244 g/mol. The molecule has 0 aliphatic heterocycles. The maximum Gasteiger partial charge on any atom is 0.103 e. The molecule has 1 aromatic heterocycles. The van der Waals surface area contributed by atoms with Crippen molar-refractivity contribution in [2.75, 3.05) is 12.8 Å². The summed E-state index contributed by atoms with van der Waals surface area (Å²) >= 11 is 3.67. The first-order chi connectivity index (χ1) is 7.13. The minimum atomic E-state index is 0.712. The molecule has 0 aromatic carbocycles. The second kappa shape index (κ2) is 6.51. The first-order valence-corrected chi connectivity index (χ1v) is 7.49. The molecule has 1 N–H and O–H groups in total. The highest BCUT2D eigenvalue weighted by molar-refractivity contribution is 7.97. The first-order valence-electron chi connectivity index (χ1n) is 5.28. The van der Waals surface area contributed by atoms with Crippen LogP contribution in [-0.4, -0.2) is 17.8 Å². The third kappa shape index (κ3) is 4.53. The Labute approximate surface area is 101 Å². The van der Waals surface area contributed by atoms with Crippen molar-refractivity contribution in [1.29, 1.82) is 0 Å². The lowest BCUT2D eigenvalue weighted by atomic mass is 10.2. The number of aromatic nitrogens is 1. The Balaban J connectivity index is 2.46. The number of aryl methyl sites for hydroxylation is 1. The van der Waals surface area contributed by atoms with Crippen LogP contribution in [0.3, 0.4) is 0 Å². The van der Waals surface area contributed by atoms with E-state index in [4.69, 9.17) is 0 Å². The molecule has 0 aliphatic rings. The van der Waals surface area contributed by atoms with Gasteiger partial charge in [-0.05, 0) is 25.6 Å². The quantitative estimate of drug-likeness (QED) is 0.832. The van der Waals surface area contributed by atoms with Crippen LogP contribution in [0.5, 0.6) is 0 Å². The molecule has 1 aromatic rings. The summed E-state index contributed by atoms with van der Waals surface area (Å²) in [4.78, 5) is 5.94. The van der Waals surface area contributed by atoms with Gasteiger partial charge in [0, 0.05) is 17.2 Å². The van der Waals surface area contributed by atoms with Gasteiger partial charge >= 0.3 is 0 Å². The third-order valence-corrected chi connectivity index (χ3v) is 3.95. The van der Waals surface area contributed by atoms with Crippen LogP contribution in [-0.2, 0) is 12.3 Å². The van der Waals surface area contributed by atoms with Crippen LogP contribution in [0.15, 0.2) is 0 Å². The maximum absolute atomic E-state index is 4.56. The van der Waals surface area contributed by atoms with Crippen molar-refractivity contribution in [2.24, 2.45) is 5.92 Å². The molecule has 0 saturated heterocycles. The SMILES string of the molecule is CSCc1nc(C)c(CNCC(C)C)s1. The van der Waals surface area contributed by atoms with E-state index in [0.717, 1.165) is 18.8 Å². The van der Waals surface area contributed by atoms with Gasteiger partial charge in [-0.2, -0.15) is 11.8 Å². The highest BCUT2D eigenvalue weighted by Gasteiger charge is 2.06. The van der Waals surface area contributed by atoms with Gasteiger partial charge < -0.3 is 5.32 Å². The number of rotatable bonds is 6. The van der Waals surface area contributed by atoms with E-state index in [1.165, 1.54) is 15.6 Å². The highest BCUT2D eigenvalue weighted by atomic mass is 32.2. The number of thiazole rings is 1. The monoisotopic (exact) mass is 244 g/mol. The predicted octanol–water partition coefficient (Wildman–Crippen LogP) is 3.06. The van der Waals surface area contributed by atoms with E-state index in [2.05, 4.69) is 37.3 Å². The number of nitrogens with zero attached hydrogens (tertiary/aromatic N) is 1. The highest BCUT2D eigenvalue weighted by Crippen LogP contribution is 2.21. The molecule has 86 valence electrons. The second-order valence-electron chi connectivity index (χ2n) is 4.07. The lowest BCUT2D eigenvalue weighted by Gasteiger charge is -2.05. The second-order valence-corrected chi connectivity index (χ2v) is 6.11. The van der Waals surface area contributed by atoms with Gasteiger partial charge in [-0.3, -0.25) is 0 Å². The Bertz CT molecular complexity index is 295. The lowest BCUT2D eigenvalue weighted by molar-refractivity contribution is 0.554. The fraction of sp³-hybridized carbons (Fsp3) is 0.727. The van der Waals surface area contributed by atoms with Crippen molar-refractivity contribution in [2.45, 2.75) is 33.1 Å². The summed E-state index contributed by atoms with van der Waals surface area (Å²) in [6.07, 6.45) is 2.12. The molecular formula is C11H20N2S2. The Morgan fingerprint density at radius 3 is 2.80 bits per heavy atom. The third-order valence-electron chi connectivity index (χ3n) is 2.04. The van der Waals surface area contributed by atoms with Crippen LogP contribution in [0.4, 0.5) is 0 Å². The molecule has 0 saturated carbocycles. The summed E-state index contributed by atoms with van der Waals surface area (Å²) < 4.78 is 0. The van der Waals surface area contributed by atoms with E-state index in [1.807, 2.05) is 23.1 Å². The average Bonchev–Trinajstić information content (AvgIpc) is 2.47. The van der Waals surface area contributed by atoms with Gasteiger partial charge in [-0.15, -0.1) is 11.3 Å². The largest absolute Gasteiger partial charge is 0.312 e. The van der Waals surface area contributed by atoms with E-state index < -0.39 is 0 Å².